The lowest BCUT2D eigenvalue weighted by atomic mass is 10.1. The minimum atomic E-state index is -1.34. The molecule has 0 spiro atoms. The first-order valence-corrected chi connectivity index (χ1v) is 4.20. The molecule has 0 radical (unpaired) electrons. The molecule has 12 heavy (non-hydrogen) atoms. The second-order valence-electron chi connectivity index (χ2n) is 2.41. The van der Waals surface area contributed by atoms with Crippen molar-refractivity contribution in [1.29, 1.82) is 0 Å². The summed E-state index contributed by atoms with van der Waals surface area (Å²) in [5.74, 6) is 0. The van der Waals surface area contributed by atoms with Crippen molar-refractivity contribution < 1.29 is 0 Å². The summed E-state index contributed by atoms with van der Waals surface area (Å²) < 4.78 is -1.34. The van der Waals surface area contributed by atoms with Gasteiger partial charge in [-0.1, -0.05) is 60.1 Å². The summed E-state index contributed by atoms with van der Waals surface area (Å²) >= 11 is 11.5. The number of hydrogen-bond acceptors (Lipinski definition) is 1. The average Bonchev–Trinajstić information content (AvgIpc) is 2.03. The van der Waals surface area contributed by atoms with Crippen LogP contribution in [0.2, 0.25) is 0 Å². The van der Waals surface area contributed by atoms with E-state index in [-0.39, 0.29) is 0 Å². The van der Waals surface area contributed by atoms with Crippen LogP contribution in [-0.4, -0.2) is 0 Å². The van der Waals surface area contributed by atoms with Gasteiger partial charge < -0.3 is 0 Å². The summed E-state index contributed by atoms with van der Waals surface area (Å²) in [4.78, 5) is 0. The Balaban J connectivity index is 3.23. The van der Waals surface area contributed by atoms with Gasteiger partial charge in [0.1, 0.15) is 0 Å². The fourth-order valence-electron chi connectivity index (χ4n) is 0.979. The third-order valence-electron chi connectivity index (χ3n) is 1.54. The van der Waals surface area contributed by atoms with Crippen LogP contribution in [-0.2, 0) is 4.46 Å². The summed E-state index contributed by atoms with van der Waals surface area (Å²) in [6.45, 7) is 3.63. The molecule has 0 aromatic heterocycles. The Morgan fingerprint density at radius 3 is 2.33 bits per heavy atom. The highest BCUT2D eigenvalue weighted by molar-refractivity contribution is 6.47. The first-order valence-electron chi connectivity index (χ1n) is 3.44. The third kappa shape index (κ3) is 2.01. The Morgan fingerprint density at radius 1 is 1.33 bits per heavy atom. The lowest BCUT2D eigenvalue weighted by Crippen LogP contribution is -2.23. The molecule has 0 saturated heterocycles. The van der Waals surface area contributed by atoms with Crippen LogP contribution in [0, 0.1) is 0 Å². The summed E-state index contributed by atoms with van der Waals surface area (Å²) in [5, 5.41) is 0. The van der Waals surface area contributed by atoms with Crippen LogP contribution >= 0.6 is 23.2 Å². The second-order valence-corrected chi connectivity index (χ2v) is 3.80. The smallest absolute Gasteiger partial charge is 0.192 e. The number of nitrogens with two attached hydrogens (primary N) is 1. The van der Waals surface area contributed by atoms with Crippen molar-refractivity contribution >= 4 is 29.3 Å². The van der Waals surface area contributed by atoms with Crippen LogP contribution in [0.25, 0.3) is 6.08 Å². The Bertz CT molecular complexity index is 289. The molecule has 0 bridgehead atoms. The van der Waals surface area contributed by atoms with E-state index in [4.69, 9.17) is 28.9 Å². The highest BCUT2D eigenvalue weighted by Crippen LogP contribution is 2.30. The normalized spacial score (nSPS) is 11.2. The molecule has 0 heterocycles. The second kappa shape index (κ2) is 3.48. The van der Waals surface area contributed by atoms with E-state index in [1.807, 2.05) is 18.2 Å². The molecule has 1 nitrogen and oxygen atoms in total. The van der Waals surface area contributed by atoms with Crippen molar-refractivity contribution in [3.63, 3.8) is 0 Å². The first-order chi connectivity index (χ1) is 5.55. The van der Waals surface area contributed by atoms with Gasteiger partial charge in [-0.05, 0) is 5.56 Å². The maximum Gasteiger partial charge on any atom is 0.192 e. The van der Waals surface area contributed by atoms with E-state index in [0.717, 1.165) is 5.56 Å². The molecule has 0 amide bonds. The average molecular weight is 202 g/mol. The van der Waals surface area contributed by atoms with Crippen molar-refractivity contribution in [3.05, 3.63) is 42.0 Å². The Hall–Kier alpha value is -0.500. The Kier molecular flexibility index (Phi) is 2.78. The zero-order valence-corrected chi connectivity index (χ0v) is 7.94. The van der Waals surface area contributed by atoms with Gasteiger partial charge in [0.2, 0.25) is 0 Å². The monoisotopic (exact) mass is 201 g/mol. The molecular formula is C9H9Cl2N. The molecule has 1 aromatic rings. The lowest BCUT2D eigenvalue weighted by molar-refractivity contribution is 0.913. The maximum absolute atomic E-state index is 5.74. The van der Waals surface area contributed by atoms with Gasteiger partial charge in [-0.2, -0.15) is 0 Å². The minimum Gasteiger partial charge on any atom is -0.296 e. The molecule has 0 aliphatic rings. The predicted molar refractivity (Wildman–Crippen MR) is 54.1 cm³/mol. The number of alkyl halides is 2. The minimum absolute atomic E-state index is 0.670. The first kappa shape index (κ1) is 9.59. The van der Waals surface area contributed by atoms with E-state index < -0.39 is 4.46 Å². The van der Waals surface area contributed by atoms with E-state index in [9.17, 15) is 0 Å². The largest absolute Gasteiger partial charge is 0.296 e. The number of benzene rings is 1. The van der Waals surface area contributed by atoms with Crippen molar-refractivity contribution in [2.45, 2.75) is 4.46 Å². The van der Waals surface area contributed by atoms with Gasteiger partial charge in [0.25, 0.3) is 0 Å². The van der Waals surface area contributed by atoms with E-state index in [1.165, 1.54) is 0 Å². The van der Waals surface area contributed by atoms with Crippen LogP contribution in [0.5, 0.6) is 0 Å². The molecule has 0 saturated carbocycles. The van der Waals surface area contributed by atoms with Crippen LogP contribution < -0.4 is 5.73 Å². The molecule has 3 heteroatoms. The van der Waals surface area contributed by atoms with E-state index >= 15 is 0 Å². The zero-order chi connectivity index (χ0) is 9.19. The van der Waals surface area contributed by atoms with Crippen molar-refractivity contribution in [2.75, 3.05) is 0 Å². The van der Waals surface area contributed by atoms with Gasteiger partial charge in [-0.25, -0.2) is 0 Å². The Morgan fingerprint density at radius 2 is 1.92 bits per heavy atom. The maximum atomic E-state index is 5.74. The zero-order valence-electron chi connectivity index (χ0n) is 6.43. The molecular weight excluding hydrogens is 193 g/mol. The van der Waals surface area contributed by atoms with Crippen LogP contribution in [0.3, 0.4) is 0 Å². The molecule has 0 aliphatic heterocycles. The summed E-state index contributed by atoms with van der Waals surface area (Å²) in [6, 6.07) is 7.33. The van der Waals surface area contributed by atoms with Crippen molar-refractivity contribution in [3.8, 4) is 0 Å². The fourth-order valence-corrected chi connectivity index (χ4v) is 1.32. The van der Waals surface area contributed by atoms with Gasteiger partial charge >= 0.3 is 0 Å². The van der Waals surface area contributed by atoms with Crippen LogP contribution in [0.1, 0.15) is 11.1 Å². The Labute approximate surface area is 81.8 Å². The van der Waals surface area contributed by atoms with Crippen LogP contribution in [0.15, 0.2) is 30.8 Å². The van der Waals surface area contributed by atoms with Gasteiger partial charge in [0, 0.05) is 5.56 Å². The van der Waals surface area contributed by atoms with Gasteiger partial charge in [-0.3, -0.25) is 5.73 Å². The number of hydrogen-bond donors (Lipinski definition) is 1. The SMILES string of the molecule is C=Cc1ccccc1C(N)(Cl)Cl. The molecule has 0 atom stereocenters. The van der Waals surface area contributed by atoms with E-state index in [2.05, 4.69) is 6.58 Å². The molecule has 0 unspecified atom stereocenters. The van der Waals surface area contributed by atoms with Crippen LogP contribution in [0.4, 0.5) is 0 Å². The van der Waals surface area contributed by atoms with Gasteiger partial charge in [-0.15, -0.1) is 0 Å². The lowest BCUT2D eigenvalue weighted by Gasteiger charge is -2.15. The quantitative estimate of drug-likeness (QED) is 0.579. The predicted octanol–water partition coefficient (Wildman–Crippen LogP) is 2.88. The van der Waals surface area contributed by atoms with Crippen molar-refractivity contribution in [2.24, 2.45) is 5.73 Å². The molecule has 0 aliphatic carbocycles. The summed E-state index contributed by atoms with van der Waals surface area (Å²) in [7, 11) is 0. The van der Waals surface area contributed by atoms with E-state index in [0.29, 0.717) is 5.56 Å². The standard InChI is InChI=1S/C9H9Cl2N/c1-2-7-5-3-4-6-8(7)9(10,11)12/h2-6H,1,12H2. The molecule has 2 N–H and O–H groups in total. The molecule has 64 valence electrons. The van der Waals surface area contributed by atoms with Crippen molar-refractivity contribution in [1.82, 2.24) is 0 Å². The van der Waals surface area contributed by atoms with Gasteiger partial charge in [0.05, 0.1) is 0 Å². The number of rotatable bonds is 2. The summed E-state index contributed by atoms with van der Waals surface area (Å²) in [6.07, 6.45) is 1.67. The highest BCUT2D eigenvalue weighted by atomic mass is 35.5. The third-order valence-corrected chi connectivity index (χ3v) is 1.95. The topological polar surface area (TPSA) is 26.0 Å². The fraction of sp³-hybridized carbons (Fsp3) is 0.111. The molecule has 1 aromatic carbocycles. The molecule has 1 rings (SSSR count). The summed E-state index contributed by atoms with van der Waals surface area (Å²) in [5.41, 5.74) is 7.04. The van der Waals surface area contributed by atoms with Gasteiger partial charge in [0.15, 0.2) is 4.46 Å². The molecule has 0 fully saturated rings. The number of halogens is 2. The van der Waals surface area contributed by atoms with E-state index in [1.54, 1.807) is 12.1 Å². The highest BCUT2D eigenvalue weighted by Gasteiger charge is 2.21.